The van der Waals surface area contributed by atoms with E-state index in [1.165, 1.54) is 17.7 Å². The molecule has 0 radical (unpaired) electrons. The maximum Gasteiger partial charge on any atom is 0.161 e. The number of nitrogens with two attached hydrogens (primary N) is 1. The van der Waals surface area contributed by atoms with Gasteiger partial charge in [0, 0.05) is 0 Å². The Kier molecular flexibility index (Phi) is 6.22. The molecular formula is C18H22FNO2. The van der Waals surface area contributed by atoms with Gasteiger partial charge in [0.1, 0.15) is 12.4 Å². The van der Waals surface area contributed by atoms with Gasteiger partial charge in [-0.15, -0.1) is 0 Å². The molecule has 3 nitrogen and oxygen atoms in total. The molecule has 2 rings (SSSR count). The largest absolute Gasteiger partial charge is 0.490 e. The first-order chi connectivity index (χ1) is 10.7. The molecule has 0 fully saturated rings. The Labute approximate surface area is 130 Å². The third-order valence-electron chi connectivity index (χ3n) is 3.26. The Morgan fingerprint density at radius 2 is 1.86 bits per heavy atom. The van der Waals surface area contributed by atoms with Crippen molar-refractivity contribution < 1.29 is 13.9 Å². The molecule has 0 aliphatic rings. The van der Waals surface area contributed by atoms with Gasteiger partial charge in [-0.3, -0.25) is 0 Å². The first-order valence-corrected chi connectivity index (χ1v) is 7.56. The Bertz CT molecular complexity index is 601. The van der Waals surface area contributed by atoms with Crippen LogP contribution in [0.1, 0.15) is 24.5 Å². The Morgan fingerprint density at radius 3 is 2.59 bits per heavy atom. The zero-order valence-electron chi connectivity index (χ0n) is 12.8. The average Bonchev–Trinajstić information content (AvgIpc) is 2.52. The molecule has 2 N–H and O–H groups in total. The van der Waals surface area contributed by atoms with Gasteiger partial charge in [0.15, 0.2) is 11.5 Å². The van der Waals surface area contributed by atoms with Crippen molar-refractivity contribution in [2.75, 3.05) is 13.2 Å². The SMILES string of the molecule is CCOc1cc(CCCN)ccc1OCc1cccc(F)c1. The summed E-state index contributed by atoms with van der Waals surface area (Å²) in [7, 11) is 0. The number of benzene rings is 2. The first-order valence-electron chi connectivity index (χ1n) is 7.56. The first kappa shape index (κ1) is 16.3. The van der Waals surface area contributed by atoms with Gasteiger partial charge < -0.3 is 15.2 Å². The van der Waals surface area contributed by atoms with Crippen LogP contribution in [-0.2, 0) is 13.0 Å². The lowest BCUT2D eigenvalue weighted by Gasteiger charge is -2.13. The molecule has 0 saturated carbocycles. The molecule has 4 heteroatoms. The van der Waals surface area contributed by atoms with Crippen LogP contribution in [-0.4, -0.2) is 13.2 Å². The van der Waals surface area contributed by atoms with E-state index in [2.05, 4.69) is 0 Å². The third-order valence-corrected chi connectivity index (χ3v) is 3.26. The van der Waals surface area contributed by atoms with Crippen molar-refractivity contribution in [2.45, 2.75) is 26.4 Å². The van der Waals surface area contributed by atoms with E-state index in [1.54, 1.807) is 6.07 Å². The van der Waals surface area contributed by atoms with Crippen LogP contribution in [0.3, 0.4) is 0 Å². The standard InChI is InChI=1S/C18H22FNO2/c1-2-21-18-12-14(6-4-10-20)8-9-17(18)22-13-15-5-3-7-16(19)11-15/h3,5,7-9,11-12H,2,4,6,10,13,20H2,1H3. The normalized spacial score (nSPS) is 10.5. The second kappa shape index (κ2) is 8.39. The molecule has 0 aromatic heterocycles. The molecule has 0 unspecified atom stereocenters. The van der Waals surface area contributed by atoms with Gasteiger partial charge in [0.2, 0.25) is 0 Å². The van der Waals surface area contributed by atoms with Gasteiger partial charge in [-0.05, 0) is 61.7 Å². The van der Waals surface area contributed by atoms with Gasteiger partial charge in [-0.25, -0.2) is 4.39 Å². The van der Waals surface area contributed by atoms with Gasteiger partial charge in [-0.2, -0.15) is 0 Å². The van der Waals surface area contributed by atoms with Crippen molar-refractivity contribution in [3.8, 4) is 11.5 Å². The highest BCUT2D eigenvalue weighted by molar-refractivity contribution is 5.43. The summed E-state index contributed by atoms with van der Waals surface area (Å²) in [6.07, 6.45) is 1.86. The smallest absolute Gasteiger partial charge is 0.161 e. The molecule has 0 heterocycles. The van der Waals surface area contributed by atoms with E-state index < -0.39 is 0 Å². The summed E-state index contributed by atoms with van der Waals surface area (Å²) in [5.41, 5.74) is 7.50. The molecule has 0 saturated heterocycles. The fourth-order valence-corrected chi connectivity index (χ4v) is 2.19. The Hall–Kier alpha value is -2.07. The summed E-state index contributed by atoms with van der Waals surface area (Å²) in [6.45, 7) is 3.47. The van der Waals surface area contributed by atoms with Crippen LogP contribution in [0, 0.1) is 5.82 Å². The molecule has 0 aliphatic carbocycles. The summed E-state index contributed by atoms with van der Waals surface area (Å²) in [5.74, 6) is 1.12. The minimum Gasteiger partial charge on any atom is -0.490 e. The van der Waals surface area contributed by atoms with Crippen molar-refractivity contribution >= 4 is 0 Å². The minimum atomic E-state index is -0.261. The molecule has 22 heavy (non-hydrogen) atoms. The lowest BCUT2D eigenvalue weighted by molar-refractivity contribution is 0.268. The summed E-state index contributed by atoms with van der Waals surface area (Å²) in [4.78, 5) is 0. The molecular weight excluding hydrogens is 281 g/mol. The number of hydrogen-bond donors (Lipinski definition) is 1. The van der Waals surface area contributed by atoms with Crippen molar-refractivity contribution in [3.05, 3.63) is 59.4 Å². The molecule has 0 amide bonds. The van der Waals surface area contributed by atoms with Crippen molar-refractivity contribution in [1.82, 2.24) is 0 Å². The second-order valence-electron chi connectivity index (χ2n) is 5.02. The minimum absolute atomic E-state index is 0.261. The summed E-state index contributed by atoms with van der Waals surface area (Å²) in [5, 5.41) is 0. The molecule has 0 spiro atoms. The lowest BCUT2D eigenvalue weighted by atomic mass is 10.1. The molecule has 0 aliphatic heterocycles. The maximum absolute atomic E-state index is 13.2. The van der Waals surface area contributed by atoms with Gasteiger partial charge in [-0.1, -0.05) is 18.2 Å². The van der Waals surface area contributed by atoms with Crippen LogP contribution >= 0.6 is 0 Å². The predicted molar refractivity (Wildman–Crippen MR) is 85.7 cm³/mol. The molecule has 2 aromatic rings. The van der Waals surface area contributed by atoms with E-state index in [0.717, 1.165) is 18.4 Å². The van der Waals surface area contributed by atoms with Gasteiger partial charge >= 0.3 is 0 Å². The van der Waals surface area contributed by atoms with Crippen LogP contribution in [0.5, 0.6) is 11.5 Å². The van der Waals surface area contributed by atoms with E-state index in [4.69, 9.17) is 15.2 Å². The van der Waals surface area contributed by atoms with Crippen LogP contribution in [0.25, 0.3) is 0 Å². The monoisotopic (exact) mass is 303 g/mol. The van der Waals surface area contributed by atoms with Crippen LogP contribution < -0.4 is 15.2 Å². The van der Waals surface area contributed by atoms with E-state index in [1.807, 2.05) is 31.2 Å². The number of rotatable bonds is 8. The summed E-state index contributed by atoms with van der Waals surface area (Å²) < 4.78 is 24.6. The van der Waals surface area contributed by atoms with Crippen molar-refractivity contribution in [1.29, 1.82) is 0 Å². The highest BCUT2D eigenvalue weighted by Gasteiger charge is 2.07. The molecule has 0 bridgehead atoms. The molecule has 2 aromatic carbocycles. The van der Waals surface area contributed by atoms with Crippen molar-refractivity contribution in [3.63, 3.8) is 0 Å². The summed E-state index contributed by atoms with van der Waals surface area (Å²) in [6, 6.07) is 12.3. The number of aryl methyl sites for hydroxylation is 1. The number of ether oxygens (including phenoxy) is 2. The Morgan fingerprint density at radius 1 is 1.00 bits per heavy atom. The number of halogens is 1. The van der Waals surface area contributed by atoms with Gasteiger partial charge in [0.05, 0.1) is 6.61 Å². The van der Waals surface area contributed by atoms with E-state index in [9.17, 15) is 4.39 Å². The quantitative estimate of drug-likeness (QED) is 0.809. The third kappa shape index (κ3) is 4.74. The van der Waals surface area contributed by atoms with Crippen LogP contribution in [0.2, 0.25) is 0 Å². The Balaban J connectivity index is 2.08. The highest BCUT2D eigenvalue weighted by Crippen LogP contribution is 2.29. The van der Waals surface area contributed by atoms with E-state index >= 15 is 0 Å². The predicted octanol–water partition coefficient (Wildman–Crippen LogP) is 3.69. The number of hydrogen-bond acceptors (Lipinski definition) is 3. The topological polar surface area (TPSA) is 44.5 Å². The fraction of sp³-hybridized carbons (Fsp3) is 0.333. The van der Waals surface area contributed by atoms with Crippen molar-refractivity contribution in [2.24, 2.45) is 5.73 Å². The fourth-order valence-electron chi connectivity index (χ4n) is 2.19. The molecule has 0 atom stereocenters. The maximum atomic E-state index is 13.2. The zero-order chi connectivity index (χ0) is 15.8. The average molecular weight is 303 g/mol. The van der Waals surface area contributed by atoms with Crippen LogP contribution in [0.4, 0.5) is 4.39 Å². The van der Waals surface area contributed by atoms with E-state index in [-0.39, 0.29) is 5.82 Å². The van der Waals surface area contributed by atoms with Gasteiger partial charge in [0.25, 0.3) is 0 Å². The second-order valence-corrected chi connectivity index (χ2v) is 5.02. The summed E-state index contributed by atoms with van der Waals surface area (Å²) >= 11 is 0. The van der Waals surface area contributed by atoms with Crippen LogP contribution in [0.15, 0.2) is 42.5 Å². The highest BCUT2D eigenvalue weighted by atomic mass is 19.1. The zero-order valence-corrected chi connectivity index (χ0v) is 12.8. The molecule has 118 valence electrons. The lowest BCUT2D eigenvalue weighted by Crippen LogP contribution is -2.02. The van der Waals surface area contributed by atoms with E-state index in [0.29, 0.717) is 31.3 Å².